The Morgan fingerprint density at radius 1 is 0.469 bits per heavy atom. The average Bonchev–Trinajstić information content (AvgIpc) is 2.80. The van der Waals surface area contributed by atoms with Crippen LogP contribution < -0.4 is 0 Å². The fourth-order valence-corrected chi connectivity index (χ4v) is 3.87. The van der Waals surface area contributed by atoms with Crippen molar-refractivity contribution < 1.29 is 19.1 Å². The quantitative estimate of drug-likeness (QED) is 0.0832. The lowest BCUT2D eigenvalue weighted by molar-refractivity contribution is -0.161. The number of hydrogen-bond donors (Lipinski definition) is 0. The summed E-state index contributed by atoms with van der Waals surface area (Å²) in [6.07, 6.45) is 24.9. The number of carbonyl (C=O) groups excluding carboxylic acids is 2. The first-order valence-corrected chi connectivity index (χ1v) is 14.0. The van der Waals surface area contributed by atoms with Gasteiger partial charge in [0.15, 0.2) is 5.92 Å². The van der Waals surface area contributed by atoms with Gasteiger partial charge >= 0.3 is 11.9 Å². The number of hydrogen-bond acceptors (Lipinski definition) is 4. The number of rotatable bonds is 24. The Bertz CT molecular complexity index is 384. The van der Waals surface area contributed by atoms with E-state index in [4.69, 9.17) is 9.47 Å². The summed E-state index contributed by atoms with van der Waals surface area (Å²) in [4.78, 5) is 24.0. The van der Waals surface area contributed by atoms with Crippen molar-refractivity contribution in [2.75, 3.05) is 13.2 Å². The van der Waals surface area contributed by atoms with Crippen LogP contribution in [0.25, 0.3) is 0 Å². The second-order valence-corrected chi connectivity index (χ2v) is 9.42. The van der Waals surface area contributed by atoms with E-state index in [9.17, 15) is 9.59 Å². The molecule has 0 amide bonds. The zero-order valence-corrected chi connectivity index (χ0v) is 21.8. The van der Waals surface area contributed by atoms with Gasteiger partial charge in [0.25, 0.3) is 0 Å². The Balaban J connectivity index is 3.48. The molecule has 0 aromatic heterocycles. The minimum absolute atomic E-state index is 0.408. The van der Waals surface area contributed by atoms with E-state index in [1.54, 1.807) is 6.92 Å². The summed E-state index contributed by atoms with van der Waals surface area (Å²) in [7, 11) is 0. The van der Waals surface area contributed by atoms with E-state index in [2.05, 4.69) is 13.8 Å². The molecular formula is C28H54O4. The largest absolute Gasteiger partial charge is 0.465 e. The first-order valence-electron chi connectivity index (χ1n) is 14.0. The maximum Gasteiger partial charge on any atom is 0.320 e. The Kier molecular flexibility index (Phi) is 23.8. The summed E-state index contributed by atoms with van der Waals surface area (Å²) in [5.74, 6) is -1.72. The van der Waals surface area contributed by atoms with Crippen LogP contribution in [0.1, 0.15) is 149 Å². The molecule has 0 N–H and O–H groups in total. The molecule has 190 valence electrons. The van der Waals surface area contributed by atoms with Gasteiger partial charge in [-0.1, -0.05) is 129 Å². The van der Waals surface area contributed by atoms with Crippen LogP contribution in [0, 0.1) is 5.92 Å². The Hall–Kier alpha value is -1.06. The van der Waals surface area contributed by atoms with E-state index in [1.807, 2.05) is 0 Å². The van der Waals surface area contributed by atoms with E-state index in [-0.39, 0.29) is 0 Å². The van der Waals surface area contributed by atoms with E-state index in [0.29, 0.717) is 13.2 Å². The first kappa shape index (κ1) is 30.9. The Morgan fingerprint density at radius 3 is 1.00 bits per heavy atom. The highest BCUT2D eigenvalue weighted by atomic mass is 16.6. The molecule has 4 heteroatoms. The molecular weight excluding hydrogens is 400 g/mol. The number of unbranched alkanes of at least 4 members (excludes halogenated alkanes) is 18. The van der Waals surface area contributed by atoms with Gasteiger partial charge in [-0.05, 0) is 19.8 Å². The van der Waals surface area contributed by atoms with Gasteiger partial charge in [0.05, 0.1) is 13.2 Å². The van der Waals surface area contributed by atoms with Crippen molar-refractivity contribution in [2.24, 2.45) is 5.92 Å². The van der Waals surface area contributed by atoms with Crippen LogP contribution in [0.15, 0.2) is 0 Å². The molecule has 0 saturated heterocycles. The van der Waals surface area contributed by atoms with Gasteiger partial charge in [0.1, 0.15) is 0 Å². The minimum atomic E-state index is -0.818. The van der Waals surface area contributed by atoms with Crippen LogP contribution in [-0.4, -0.2) is 25.2 Å². The van der Waals surface area contributed by atoms with Crippen molar-refractivity contribution in [1.29, 1.82) is 0 Å². The van der Waals surface area contributed by atoms with Crippen molar-refractivity contribution in [2.45, 2.75) is 149 Å². The average molecular weight is 455 g/mol. The van der Waals surface area contributed by atoms with Gasteiger partial charge in [-0.3, -0.25) is 9.59 Å². The molecule has 0 aliphatic carbocycles. The van der Waals surface area contributed by atoms with Crippen LogP contribution >= 0.6 is 0 Å². The van der Waals surface area contributed by atoms with Crippen LogP contribution in [0.5, 0.6) is 0 Å². The van der Waals surface area contributed by atoms with Crippen LogP contribution in [0.4, 0.5) is 0 Å². The Labute approximate surface area is 199 Å². The molecule has 0 saturated carbocycles. The molecule has 0 aromatic carbocycles. The predicted molar refractivity (Wildman–Crippen MR) is 135 cm³/mol. The topological polar surface area (TPSA) is 52.6 Å². The Morgan fingerprint density at radius 2 is 0.719 bits per heavy atom. The molecule has 0 aliphatic heterocycles. The molecule has 0 radical (unpaired) electrons. The summed E-state index contributed by atoms with van der Waals surface area (Å²) in [5, 5.41) is 0. The first-order chi connectivity index (χ1) is 15.6. The normalized spacial score (nSPS) is 11.1. The summed E-state index contributed by atoms with van der Waals surface area (Å²) in [5.41, 5.74) is 0. The third kappa shape index (κ3) is 20.8. The van der Waals surface area contributed by atoms with Crippen LogP contribution in [0.2, 0.25) is 0 Å². The van der Waals surface area contributed by atoms with E-state index in [1.165, 1.54) is 103 Å². The summed E-state index contributed by atoms with van der Waals surface area (Å²) in [6, 6.07) is 0. The third-order valence-corrected chi connectivity index (χ3v) is 6.19. The lowest BCUT2D eigenvalue weighted by atomic mass is 10.1. The lowest BCUT2D eigenvalue weighted by Gasteiger charge is -2.11. The molecule has 0 rings (SSSR count). The number of ether oxygens (including phenoxy) is 2. The highest BCUT2D eigenvalue weighted by Crippen LogP contribution is 2.12. The molecule has 0 heterocycles. The lowest BCUT2D eigenvalue weighted by Crippen LogP contribution is -2.26. The fraction of sp³-hybridized carbons (Fsp3) is 0.929. The smallest absolute Gasteiger partial charge is 0.320 e. The van der Waals surface area contributed by atoms with Gasteiger partial charge < -0.3 is 9.47 Å². The molecule has 4 nitrogen and oxygen atoms in total. The van der Waals surface area contributed by atoms with Crippen molar-refractivity contribution >= 4 is 11.9 Å². The molecule has 0 spiro atoms. The summed E-state index contributed by atoms with van der Waals surface area (Å²) in [6.45, 7) is 6.89. The standard InChI is InChI=1S/C28H54O4/c1-4-6-8-10-12-14-16-18-20-22-24-31-27(29)26(3)28(30)32-25-23-21-19-17-15-13-11-9-7-5-2/h26H,4-25H2,1-3H3. The monoisotopic (exact) mass is 454 g/mol. The van der Waals surface area contributed by atoms with Crippen molar-refractivity contribution in [3.8, 4) is 0 Å². The van der Waals surface area contributed by atoms with E-state index < -0.39 is 17.9 Å². The van der Waals surface area contributed by atoms with Crippen LogP contribution in [-0.2, 0) is 19.1 Å². The molecule has 0 atom stereocenters. The van der Waals surface area contributed by atoms with Crippen molar-refractivity contribution in [1.82, 2.24) is 0 Å². The molecule has 0 bridgehead atoms. The maximum atomic E-state index is 12.0. The predicted octanol–water partition coefficient (Wildman–Crippen LogP) is 8.55. The maximum absolute atomic E-state index is 12.0. The van der Waals surface area contributed by atoms with E-state index >= 15 is 0 Å². The van der Waals surface area contributed by atoms with Crippen molar-refractivity contribution in [3.05, 3.63) is 0 Å². The fourth-order valence-electron chi connectivity index (χ4n) is 3.87. The van der Waals surface area contributed by atoms with Gasteiger partial charge in [-0.15, -0.1) is 0 Å². The molecule has 0 unspecified atom stereocenters. The van der Waals surface area contributed by atoms with Gasteiger partial charge in [0, 0.05) is 0 Å². The van der Waals surface area contributed by atoms with Crippen LogP contribution in [0.3, 0.4) is 0 Å². The van der Waals surface area contributed by atoms with Gasteiger partial charge in [0.2, 0.25) is 0 Å². The molecule has 0 fully saturated rings. The summed E-state index contributed by atoms with van der Waals surface area (Å²) < 4.78 is 10.5. The van der Waals surface area contributed by atoms with Crippen molar-refractivity contribution in [3.63, 3.8) is 0 Å². The van der Waals surface area contributed by atoms with Gasteiger partial charge in [-0.25, -0.2) is 0 Å². The molecule has 0 aliphatic rings. The number of carbonyl (C=O) groups is 2. The molecule has 32 heavy (non-hydrogen) atoms. The van der Waals surface area contributed by atoms with E-state index in [0.717, 1.165) is 25.7 Å². The third-order valence-electron chi connectivity index (χ3n) is 6.19. The SMILES string of the molecule is CCCCCCCCCCCCOC(=O)C(C)C(=O)OCCCCCCCCCCCC. The second kappa shape index (κ2) is 24.6. The second-order valence-electron chi connectivity index (χ2n) is 9.42. The molecule has 0 aromatic rings. The minimum Gasteiger partial charge on any atom is -0.465 e. The zero-order chi connectivity index (χ0) is 23.7. The highest BCUT2D eigenvalue weighted by molar-refractivity contribution is 5.94. The zero-order valence-electron chi connectivity index (χ0n) is 21.8. The summed E-state index contributed by atoms with van der Waals surface area (Å²) >= 11 is 0. The number of esters is 2. The highest BCUT2D eigenvalue weighted by Gasteiger charge is 2.24. The van der Waals surface area contributed by atoms with Gasteiger partial charge in [-0.2, -0.15) is 0 Å².